The third-order valence-electron chi connectivity index (χ3n) is 5.81. The highest BCUT2D eigenvalue weighted by Crippen LogP contribution is 2.31. The molecular weight excluding hydrogens is 579 g/mol. The van der Waals surface area contributed by atoms with Gasteiger partial charge in [-0.05, 0) is 41.0 Å². The summed E-state index contributed by atoms with van der Waals surface area (Å²) in [5.41, 5.74) is 2.92. The van der Waals surface area contributed by atoms with Crippen LogP contribution in [-0.2, 0) is 38.5 Å². The van der Waals surface area contributed by atoms with Crippen LogP contribution in [0.15, 0.2) is 115 Å². The van der Waals surface area contributed by atoms with Gasteiger partial charge in [-0.3, -0.25) is 0 Å². The van der Waals surface area contributed by atoms with Crippen LogP contribution in [0.1, 0.15) is 16.7 Å². The second kappa shape index (κ2) is 11.5. The highest BCUT2D eigenvalue weighted by Gasteiger charge is 2.46. The minimum absolute atomic E-state index is 0.0912. The van der Waals surface area contributed by atoms with E-state index in [-0.39, 0.29) is 16.4 Å². The average molecular weight is 604 g/mol. The largest absolute Gasteiger partial charge is 0.489 e. The fourth-order valence-electron chi connectivity index (χ4n) is 4.07. The van der Waals surface area contributed by atoms with Crippen molar-refractivity contribution in [3.63, 3.8) is 0 Å². The van der Waals surface area contributed by atoms with Gasteiger partial charge in [-0.1, -0.05) is 112 Å². The van der Waals surface area contributed by atoms with Gasteiger partial charge < -0.3 is 14.2 Å². The standard InChI is InChI=1S/C31H25IO5/c33-29-28(32-26-16-18-27(19-17-26)35-22-25-14-8-3-9-15-25)30(34)37-31(36-29,20-23-10-4-1-5-11-23)21-24-12-6-2-7-13-24/h1-19H,20-22H2. The molecular formula is C31H25IO5. The lowest BCUT2D eigenvalue weighted by molar-refractivity contribution is -0.226. The first-order chi connectivity index (χ1) is 18.1. The summed E-state index contributed by atoms with van der Waals surface area (Å²) >= 11 is -1.09. The molecule has 37 heavy (non-hydrogen) atoms. The topological polar surface area (TPSA) is 61.8 Å². The zero-order chi connectivity index (χ0) is 25.5. The molecule has 0 aliphatic carbocycles. The number of cyclic esters (lactones) is 2. The van der Waals surface area contributed by atoms with E-state index in [0.717, 1.165) is 26.0 Å². The summed E-state index contributed by atoms with van der Waals surface area (Å²) < 4.78 is 18.7. The maximum absolute atomic E-state index is 13.2. The van der Waals surface area contributed by atoms with Crippen molar-refractivity contribution in [2.75, 3.05) is 0 Å². The van der Waals surface area contributed by atoms with Gasteiger partial charge >= 0.3 is 11.9 Å². The van der Waals surface area contributed by atoms with Crippen LogP contribution in [0.5, 0.6) is 5.75 Å². The van der Waals surface area contributed by atoms with Gasteiger partial charge in [0.2, 0.25) is 0 Å². The zero-order valence-corrected chi connectivity index (χ0v) is 22.2. The lowest BCUT2D eigenvalue weighted by Crippen LogP contribution is -2.52. The van der Waals surface area contributed by atoms with Crippen molar-refractivity contribution < 1.29 is 23.8 Å². The minimum Gasteiger partial charge on any atom is -0.489 e. The molecule has 5 rings (SSSR count). The molecule has 1 aliphatic rings. The van der Waals surface area contributed by atoms with Crippen molar-refractivity contribution >= 4 is 36.2 Å². The first kappa shape index (κ1) is 24.9. The van der Waals surface area contributed by atoms with Gasteiger partial charge in [0, 0.05) is 3.57 Å². The van der Waals surface area contributed by atoms with E-state index in [1.54, 1.807) is 0 Å². The van der Waals surface area contributed by atoms with E-state index in [9.17, 15) is 9.59 Å². The van der Waals surface area contributed by atoms with Gasteiger partial charge in [-0.2, -0.15) is 0 Å². The van der Waals surface area contributed by atoms with Gasteiger partial charge in [0.1, 0.15) is 12.4 Å². The lowest BCUT2D eigenvalue weighted by Gasteiger charge is -2.36. The molecule has 5 nitrogen and oxygen atoms in total. The molecule has 0 saturated carbocycles. The number of hydrogen-bond donors (Lipinski definition) is 0. The van der Waals surface area contributed by atoms with Crippen molar-refractivity contribution in [3.05, 3.63) is 136 Å². The van der Waals surface area contributed by atoms with Crippen molar-refractivity contribution in [1.29, 1.82) is 0 Å². The molecule has 0 aromatic heterocycles. The Balaban J connectivity index is 1.33. The molecule has 0 amide bonds. The van der Waals surface area contributed by atoms with Crippen LogP contribution in [0.25, 0.3) is 0 Å². The zero-order valence-electron chi connectivity index (χ0n) is 20.0. The maximum Gasteiger partial charge on any atom is 0.354 e. The molecule has 1 saturated heterocycles. The Hall–Kier alpha value is -3.78. The minimum atomic E-state index is -1.39. The van der Waals surface area contributed by atoms with Crippen LogP contribution in [0.2, 0.25) is 0 Å². The van der Waals surface area contributed by atoms with E-state index >= 15 is 0 Å². The van der Waals surface area contributed by atoms with Crippen LogP contribution >= 0.6 is 20.7 Å². The summed E-state index contributed by atoms with van der Waals surface area (Å²) in [4.78, 5) is 26.3. The Kier molecular flexibility index (Phi) is 7.75. The molecule has 6 heteroatoms. The second-order valence-electron chi connectivity index (χ2n) is 8.65. The molecule has 1 heterocycles. The number of rotatable bonds is 8. The van der Waals surface area contributed by atoms with Crippen molar-refractivity contribution in [2.45, 2.75) is 25.2 Å². The number of hydrogen-bond acceptors (Lipinski definition) is 5. The molecule has 0 unspecified atom stereocenters. The summed E-state index contributed by atoms with van der Waals surface area (Å²) in [6, 6.07) is 36.6. The lowest BCUT2D eigenvalue weighted by atomic mass is 9.96. The third-order valence-corrected chi connectivity index (χ3v) is 8.58. The summed E-state index contributed by atoms with van der Waals surface area (Å²) in [5, 5.41) is 0. The fraction of sp³-hybridized carbons (Fsp3) is 0.129. The maximum atomic E-state index is 13.2. The van der Waals surface area contributed by atoms with E-state index in [2.05, 4.69) is 0 Å². The average Bonchev–Trinajstić information content (AvgIpc) is 2.92. The number of esters is 2. The van der Waals surface area contributed by atoms with E-state index in [0.29, 0.717) is 6.61 Å². The molecule has 0 bridgehead atoms. The van der Waals surface area contributed by atoms with E-state index in [4.69, 9.17) is 14.2 Å². The summed E-state index contributed by atoms with van der Waals surface area (Å²) in [6.07, 6.45) is 0.554. The Bertz CT molecular complexity index is 1320. The summed E-state index contributed by atoms with van der Waals surface area (Å²) in [6.45, 7) is 0.468. The summed E-state index contributed by atoms with van der Waals surface area (Å²) in [5.74, 6) is -1.86. The Morgan fingerprint density at radius 3 is 1.54 bits per heavy atom. The van der Waals surface area contributed by atoms with Gasteiger partial charge in [-0.25, -0.2) is 9.59 Å². The summed E-state index contributed by atoms with van der Waals surface area (Å²) in [7, 11) is 0. The quantitative estimate of drug-likeness (QED) is 0.186. The molecule has 0 spiro atoms. The van der Waals surface area contributed by atoms with Gasteiger partial charge in [0.05, 0.1) is 12.8 Å². The molecule has 0 atom stereocenters. The molecule has 0 N–H and O–H groups in total. The number of benzene rings is 4. The second-order valence-corrected chi connectivity index (χ2v) is 11.5. The smallest absolute Gasteiger partial charge is 0.354 e. The van der Waals surface area contributed by atoms with Crippen LogP contribution < -0.4 is 4.74 Å². The van der Waals surface area contributed by atoms with Crippen LogP contribution in [-0.4, -0.2) is 21.2 Å². The highest BCUT2D eigenvalue weighted by atomic mass is 127. The Morgan fingerprint density at radius 2 is 1.05 bits per heavy atom. The Morgan fingerprint density at radius 1 is 0.595 bits per heavy atom. The van der Waals surface area contributed by atoms with Crippen molar-refractivity contribution in [2.24, 2.45) is 0 Å². The van der Waals surface area contributed by atoms with Crippen LogP contribution in [0.3, 0.4) is 0 Å². The number of carbonyl (C=O) groups is 2. The first-order valence-corrected chi connectivity index (χ1v) is 14.1. The van der Waals surface area contributed by atoms with Gasteiger partial charge in [-0.15, -0.1) is 0 Å². The molecule has 186 valence electrons. The van der Waals surface area contributed by atoms with Gasteiger partial charge in [0.25, 0.3) is 5.79 Å². The first-order valence-electron chi connectivity index (χ1n) is 11.9. The van der Waals surface area contributed by atoms with E-state index in [1.807, 2.05) is 115 Å². The normalized spacial score (nSPS) is 14.5. The monoisotopic (exact) mass is 604 g/mol. The van der Waals surface area contributed by atoms with Gasteiger partial charge in [0.15, 0.2) is 3.51 Å². The Labute approximate surface area is 225 Å². The molecule has 4 aromatic rings. The predicted molar refractivity (Wildman–Crippen MR) is 150 cm³/mol. The van der Waals surface area contributed by atoms with E-state index in [1.165, 1.54) is 0 Å². The number of carbonyl (C=O) groups excluding carboxylic acids is 2. The predicted octanol–water partition coefficient (Wildman–Crippen LogP) is 5.86. The highest BCUT2D eigenvalue weighted by molar-refractivity contribution is 14.2. The van der Waals surface area contributed by atoms with Crippen LogP contribution in [0.4, 0.5) is 0 Å². The SMILES string of the molecule is O=C1OC(Cc2ccccc2)(Cc2ccccc2)OC(=O)C1=Ic1ccc(OCc2ccccc2)cc1. The van der Waals surface area contributed by atoms with Crippen molar-refractivity contribution in [3.8, 4) is 5.75 Å². The third kappa shape index (κ3) is 6.51. The van der Waals surface area contributed by atoms with Crippen molar-refractivity contribution in [1.82, 2.24) is 0 Å². The fourth-order valence-corrected chi connectivity index (χ4v) is 6.08. The molecule has 1 fully saturated rings. The molecule has 1 aliphatic heterocycles. The van der Waals surface area contributed by atoms with E-state index < -0.39 is 38.5 Å². The number of halogens is 1. The van der Waals surface area contributed by atoms with Crippen LogP contribution in [0, 0.1) is 3.57 Å². The number of ether oxygens (including phenoxy) is 3. The molecule has 4 aromatic carbocycles. The molecule has 0 radical (unpaired) electrons.